The molecule has 1 aliphatic rings. The van der Waals surface area contributed by atoms with Crippen molar-refractivity contribution in [2.24, 2.45) is 7.05 Å². The van der Waals surface area contributed by atoms with E-state index in [9.17, 15) is 9.59 Å². The van der Waals surface area contributed by atoms with Gasteiger partial charge >= 0.3 is 0 Å². The van der Waals surface area contributed by atoms with Gasteiger partial charge < -0.3 is 15.2 Å². The molecule has 0 radical (unpaired) electrons. The van der Waals surface area contributed by atoms with Crippen molar-refractivity contribution in [3.63, 3.8) is 0 Å². The van der Waals surface area contributed by atoms with Crippen molar-refractivity contribution in [2.75, 3.05) is 5.75 Å². The monoisotopic (exact) mass is 435 g/mol. The number of rotatable bonds is 7. The molecule has 0 aliphatic heterocycles. The minimum Gasteiger partial charge on any atom is -0.353 e. The number of carbonyl (C=O) groups is 2. The first kappa shape index (κ1) is 21.6. The van der Waals surface area contributed by atoms with Crippen LogP contribution in [0, 0.1) is 0 Å². The van der Waals surface area contributed by atoms with Crippen LogP contribution in [0.15, 0.2) is 29.4 Å². The van der Waals surface area contributed by atoms with Crippen LogP contribution >= 0.6 is 23.4 Å². The van der Waals surface area contributed by atoms with Gasteiger partial charge in [-0.05, 0) is 31.9 Å². The normalized spacial score (nSPS) is 15.7. The van der Waals surface area contributed by atoms with Gasteiger partial charge in [0.25, 0.3) is 5.91 Å². The Kier molecular flexibility index (Phi) is 7.55. The first-order valence-electron chi connectivity index (χ1n) is 9.82. The fraction of sp³-hybridized carbons (Fsp3) is 0.500. The minimum absolute atomic E-state index is 0.0199. The van der Waals surface area contributed by atoms with Crippen molar-refractivity contribution in [1.82, 2.24) is 25.4 Å². The zero-order chi connectivity index (χ0) is 20.8. The molecule has 29 heavy (non-hydrogen) atoms. The number of hydrogen-bond acceptors (Lipinski definition) is 5. The molecule has 1 atom stereocenters. The molecule has 1 aliphatic carbocycles. The lowest BCUT2D eigenvalue weighted by molar-refractivity contribution is -0.119. The third-order valence-corrected chi connectivity index (χ3v) is 6.37. The highest BCUT2D eigenvalue weighted by Gasteiger charge is 2.21. The number of halogens is 1. The fourth-order valence-corrected chi connectivity index (χ4v) is 4.41. The van der Waals surface area contributed by atoms with Gasteiger partial charge in [0.15, 0.2) is 11.0 Å². The van der Waals surface area contributed by atoms with Gasteiger partial charge in [0.05, 0.1) is 22.4 Å². The van der Waals surface area contributed by atoms with Crippen LogP contribution in [0.25, 0.3) is 0 Å². The first-order chi connectivity index (χ1) is 14.0. The van der Waals surface area contributed by atoms with E-state index in [1.165, 1.54) is 31.0 Å². The maximum Gasteiger partial charge on any atom is 0.253 e. The molecule has 1 aromatic carbocycles. The number of benzene rings is 1. The second-order valence-electron chi connectivity index (χ2n) is 7.27. The SMILES string of the molecule is C[C@H](NC(=O)c1ccccc1Cl)c1nnc(SCC(=O)NC2CCCCC2)n1C. The molecule has 2 aromatic rings. The summed E-state index contributed by atoms with van der Waals surface area (Å²) in [7, 11) is 1.83. The number of hydrogen-bond donors (Lipinski definition) is 2. The Morgan fingerprint density at radius 1 is 1.24 bits per heavy atom. The Labute approximate surface area is 180 Å². The number of amides is 2. The highest BCUT2D eigenvalue weighted by molar-refractivity contribution is 7.99. The highest BCUT2D eigenvalue weighted by atomic mass is 35.5. The van der Waals surface area contributed by atoms with E-state index in [0.717, 1.165) is 12.8 Å². The third kappa shape index (κ3) is 5.73. The van der Waals surface area contributed by atoms with Crippen LogP contribution in [0.2, 0.25) is 5.02 Å². The average molecular weight is 436 g/mol. The first-order valence-corrected chi connectivity index (χ1v) is 11.2. The predicted molar refractivity (Wildman–Crippen MR) is 114 cm³/mol. The maximum absolute atomic E-state index is 12.5. The lowest BCUT2D eigenvalue weighted by Gasteiger charge is -2.22. The predicted octanol–water partition coefficient (Wildman–Crippen LogP) is 3.50. The third-order valence-electron chi connectivity index (χ3n) is 5.02. The Balaban J connectivity index is 1.54. The average Bonchev–Trinajstić information content (AvgIpc) is 3.08. The number of thioether (sulfide) groups is 1. The molecule has 0 spiro atoms. The standard InChI is InChI=1S/C20H26ClN5O2S/c1-13(22-19(28)15-10-6-7-11-16(15)21)18-24-25-20(26(18)2)29-12-17(27)23-14-8-4-3-5-9-14/h6-7,10-11,13-14H,3-5,8-9,12H2,1-2H3,(H,22,28)(H,23,27)/t13-/m0/s1. The summed E-state index contributed by atoms with van der Waals surface area (Å²) < 4.78 is 1.80. The van der Waals surface area contributed by atoms with Crippen LogP contribution in [0.1, 0.15) is 61.3 Å². The number of nitrogens with zero attached hydrogens (tertiary/aromatic N) is 3. The van der Waals surface area contributed by atoms with E-state index >= 15 is 0 Å². The molecule has 1 aromatic heterocycles. The van der Waals surface area contributed by atoms with E-state index in [-0.39, 0.29) is 17.9 Å². The zero-order valence-corrected chi connectivity index (χ0v) is 18.2. The summed E-state index contributed by atoms with van der Waals surface area (Å²) >= 11 is 7.43. The van der Waals surface area contributed by atoms with Gasteiger partial charge in [0.2, 0.25) is 5.91 Å². The van der Waals surface area contributed by atoms with Crippen molar-refractivity contribution in [2.45, 2.75) is 56.3 Å². The largest absolute Gasteiger partial charge is 0.353 e. The van der Waals surface area contributed by atoms with Crippen molar-refractivity contribution >= 4 is 35.2 Å². The number of aromatic nitrogens is 3. The van der Waals surface area contributed by atoms with Crippen LogP contribution in [0.5, 0.6) is 0 Å². The summed E-state index contributed by atoms with van der Waals surface area (Å²) in [5, 5.41) is 15.4. The molecule has 1 fully saturated rings. The van der Waals surface area contributed by atoms with Crippen molar-refractivity contribution in [3.8, 4) is 0 Å². The molecule has 1 heterocycles. The molecule has 2 N–H and O–H groups in total. The van der Waals surface area contributed by atoms with E-state index in [0.29, 0.717) is 33.4 Å². The van der Waals surface area contributed by atoms with Gasteiger partial charge in [-0.1, -0.05) is 54.8 Å². The molecule has 1 saturated carbocycles. The van der Waals surface area contributed by atoms with Gasteiger partial charge in [-0.3, -0.25) is 9.59 Å². The van der Waals surface area contributed by atoms with Gasteiger partial charge in [-0.2, -0.15) is 0 Å². The van der Waals surface area contributed by atoms with Gasteiger partial charge in [-0.25, -0.2) is 0 Å². The Morgan fingerprint density at radius 2 is 1.97 bits per heavy atom. The quantitative estimate of drug-likeness (QED) is 0.649. The Morgan fingerprint density at radius 3 is 2.69 bits per heavy atom. The van der Waals surface area contributed by atoms with E-state index in [1.807, 2.05) is 14.0 Å². The second-order valence-corrected chi connectivity index (χ2v) is 8.62. The molecule has 7 nitrogen and oxygen atoms in total. The molecule has 0 bridgehead atoms. The van der Waals surface area contributed by atoms with Crippen LogP contribution in [0.3, 0.4) is 0 Å². The number of nitrogens with one attached hydrogen (secondary N) is 2. The highest BCUT2D eigenvalue weighted by Crippen LogP contribution is 2.21. The topological polar surface area (TPSA) is 88.9 Å². The zero-order valence-electron chi connectivity index (χ0n) is 16.7. The van der Waals surface area contributed by atoms with E-state index < -0.39 is 0 Å². The van der Waals surface area contributed by atoms with Gasteiger partial charge in [0, 0.05) is 13.1 Å². The Bertz CT molecular complexity index is 866. The summed E-state index contributed by atoms with van der Waals surface area (Å²) in [6.07, 6.45) is 5.75. The second kappa shape index (κ2) is 10.1. The molecule has 0 saturated heterocycles. The summed E-state index contributed by atoms with van der Waals surface area (Å²) in [6.45, 7) is 1.84. The molecule has 2 amide bonds. The molecular weight excluding hydrogens is 410 g/mol. The van der Waals surface area contributed by atoms with E-state index in [1.54, 1.807) is 28.8 Å². The van der Waals surface area contributed by atoms with Crippen LogP contribution < -0.4 is 10.6 Å². The molecule has 0 unspecified atom stereocenters. The van der Waals surface area contributed by atoms with Gasteiger partial charge in [0.1, 0.15) is 0 Å². The van der Waals surface area contributed by atoms with Crippen molar-refractivity contribution in [3.05, 3.63) is 40.7 Å². The summed E-state index contributed by atoms with van der Waals surface area (Å²) in [6, 6.07) is 6.83. The molecular formula is C20H26ClN5O2S. The fourth-order valence-electron chi connectivity index (χ4n) is 3.46. The van der Waals surface area contributed by atoms with Crippen LogP contribution in [-0.2, 0) is 11.8 Å². The van der Waals surface area contributed by atoms with Gasteiger partial charge in [-0.15, -0.1) is 10.2 Å². The lowest BCUT2D eigenvalue weighted by Crippen LogP contribution is -2.37. The maximum atomic E-state index is 12.5. The molecule has 9 heteroatoms. The van der Waals surface area contributed by atoms with Crippen LogP contribution in [-0.4, -0.2) is 38.4 Å². The summed E-state index contributed by atoms with van der Waals surface area (Å²) in [5.74, 6) is 0.655. The molecule has 156 valence electrons. The van der Waals surface area contributed by atoms with Crippen molar-refractivity contribution in [1.29, 1.82) is 0 Å². The number of carbonyl (C=O) groups excluding carboxylic acids is 2. The van der Waals surface area contributed by atoms with E-state index in [2.05, 4.69) is 20.8 Å². The lowest BCUT2D eigenvalue weighted by atomic mass is 9.95. The molecule has 3 rings (SSSR count). The smallest absolute Gasteiger partial charge is 0.253 e. The summed E-state index contributed by atoms with van der Waals surface area (Å²) in [5.41, 5.74) is 0.414. The van der Waals surface area contributed by atoms with Crippen molar-refractivity contribution < 1.29 is 9.59 Å². The van der Waals surface area contributed by atoms with Crippen LogP contribution in [0.4, 0.5) is 0 Å². The Hall–Kier alpha value is -2.06. The van der Waals surface area contributed by atoms with E-state index in [4.69, 9.17) is 11.6 Å². The minimum atomic E-state index is -0.360. The summed E-state index contributed by atoms with van der Waals surface area (Å²) in [4.78, 5) is 24.7.